The minimum atomic E-state index is -0.431. The number of rotatable bonds is 4. The van der Waals surface area contributed by atoms with Crippen LogP contribution in [0.5, 0.6) is 0 Å². The van der Waals surface area contributed by atoms with Crippen molar-refractivity contribution in [2.24, 2.45) is 0 Å². The van der Waals surface area contributed by atoms with E-state index in [1.54, 1.807) is 6.07 Å². The third-order valence-electron chi connectivity index (χ3n) is 4.31. The van der Waals surface area contributed by atoms with Gasteiger partial charge in [0.1, 0.15) is 11.9 Å². The number of carbonyl (C=O) groups excluding carboxylic acids is 1. The zero-order chi connectivity index (χ0) is 14.1. The summed E-state index contributed by atoms with van der Waals surface area (Å²) in [5.41, 5.74) is 1.43. The van der Waals surface area contributed by atoms with Gasteiger partial charge in [0.15, 0.2) is 0 Å². The van der Waals surface area contributed by atoms with Crippen LogP contribution in [-0.2, 0) is 4.79 Å². The lowest BCUT2D eigenvalue weighted by atomic mass is 10.1. The third-order valence-corrected chi connectivity index (χ3v) is 4.31. The molecule has 2 unspecified atom stereocenters. The molecule has 1 aromatic rings. The summed E-state index contributed by atoms with van der Waals surface area (Å²) >= 11 is 0. The Kier molecular flexibility index (Phi) is 3.72. The number of carbonyl (C=O) groups is 1. The zero-order valence-corrected chi connectivity index (χ0v) is 11.7. The lowest BCUT2D eigenvalue weighted by Crippen LogP contribution is -2.40. The van der Waals surface area contributed by atoms with Gasteiger partial charge in [-0.3, -0.25) is 9.69 Å². The summed E-state index contributed by atoms with van der Waals surface area (Å²) in [5, 5.41) is 6.09. The lowest BCUT2D eigenvalue weighted by Gasteiger charge is -2.24. The maximum atomic E-state index is 13.3. The molecule has 2 N–H and O–H groups in total. The quantitative estimate of drug-likeness (QED) is 0.883. The van der Waals surface area contributed by atoms with Crippen LogP contribution in [0.1, 0.15) is 31.4 Å². The summed E-state index contributed by atoms with van der Waals surface area (Å²) in [5.74, 6) is -0.394. The van der Waals surface area contributed by atoms with Crippen molar-refractivity contribution in [1.82, 2.24) is 10.2 Å². The van der Waals surface area contributed by atoms with Crippen molar-refractivity contribution in [2.75, 3.05) is 25.0 Å². The van der Waals surface area contributed by atoms with Crippen molar-refractivity contribution in [2.45, 2.75) is 31.8 Å². The highest BCUT2D eigenvalue weighted by atomic mass is 19.1. The number of anilines is 1. The molecule has 0 aliphatic carbocycles. The van der Waals surface area contributed by atoms with Gasteiger partial charge >= 0.3 is 0 Å². The first kappa shape index (κ1) is 13.5. The van der Waals surface area contributed by atoms with Gasteiger partial charge in [-0.2, -0.15) is 0 Å². The number of nitrogens with zero attached hydrogens (tertiary/aromatic N) is 1. The van der Waals surface area contributed by atoms with Crippen molar-refractivity contribution in [3.63, 3.8) is 0 Å². The van der Waals surface area contributed by atoms with Gasteiger partial charge < -0.3 is 10.6 Å². The molecule has 2 aliphatic heterocycles. The molecule has 3 rings (SSSR count). The molecule has 2 heterocycles. The van der Waals surface area contributed by atoms with E-state index >= 15 is 0 Å². The maximum Gasteiger partial charge on any atom is 0.246 e. The van der Waals surface area contributed by atoms with Crippen LogP contribution in [0.4, 0.5) is 10.1 Å². The van der Waals surface area contributed by atoms with Crippen molar-refractivity contribution in [1.29, 1.82) is 0 Å². The van der Waals surface area contributed by atoms with E-state index in [2.05, 4.69) is 22.5 Å². The molecule has 1 amide bonds. The molecule has 108 valence electrons. The highest BCUT2D eigenvalue weighted by Gasteiger charge is 2.32. The van der Waals surface area contributed by atoms with Gasteiger partial charge in [0.2, 0.25) is 5.91 Å². The fraction of sp³-hybridized carbons (Fsp3) is 0.533. The number of hydrogen-bond acceptors (Lipinski definition) is 3. The number of fused-ring (bicyclic) bond motifs is 1. The molecular weight excluding hydrogens is 257 g/mol. The Morgan fingerprint density at radius 2 is 2.35 bits per heavy atom. The van der Waals surface area contributed by atoms with Gasteiger partial charge in [-0.1, -0.05) is 6.92 Å². The summed E-state index contributed by atoms with van der Waals surface area (Å²) in [6.07, 6.45) is 2.37. The average Bonchev–Trinajstić information content (AvgIpc) is 3.00. The van der Waals surface area contributed by atoms with Crippen molar-refractivity contribution in [3.8, 4) is 0 Å². The zero-order valence-electron chi connectivity index (χ0n) is 11.7. The Morgan fingerprint density at radius 3 is 3.15 bits per heavy atom. The highest BCUT2D eigenvalue weighted by Crippen LogP contribution is 2.31. The smallest absolute Gasteiger partial charge is 0.246 e. The second-order valence-corrected chi connectivity index (χ2v) is 5.49. The maximum absolute atomic E-state index is 13.3. The molecule has 1 fully saturated rings. The molecule has 5 heteroatoms. The molecular formula is C15H20FN3O. The standard InChI is InChI=1S/C15H20FN3O/c1-2-19-7-3-4-11(19)9-17-14-12-8-10(16)5-6-13(12)18-15(14)20/h5-6,8,11,14,17H,2-4,7,9H2,1H3,(H,18,20). The molecule has 0 spiro atoms. The van der Waals surface area contributed by atoms with E-state index in [0.29, 0.717) is 11.7 Å². The predicted octanol–water partition coefficient (Wildman–Crippen LogP) is 1.89. The van der Waals surface area contributed by atoms with Crippen LogP contribution >= 0.6 is 0 Å². The number of amides is 1. The summed E-state index contributed by atoms with van der Waals surface area (Å²) in [6, 6.07) is 4.48. The molecule has 20 heavy (non-hydrogen) atoms. The second-order valence-electron chi connectivity index (χ2n) is 5.49. The fourth-order valence-electron chi connectivity index (χ4n) is 3.23. The van der Waals surface area contributed by atoms with Gasteiger partial charge in [0.25, 0.3) is 0 Å². The average molecular weight is 277 g/mol. The summed E-state index contributed by atoms with van der Waals surface area (Å²) in [6.45, 7) is 5.09. The number of benzene rings is 1. The summed E-state index contributed by atoms with van der Waals surface area (Å²) < 4.78 is 13.3. The molecule has 0 saturated carbocycles. The minimum Gasteiger partial charge on any atom is -0.324 e. The van der Waals surface area contributed by atoms with Crippen LogP contribution in [0.3, 0.4) is 0 Å². The molecule has 0 radical (unpaired) electrons. The van der Waals surface area contributed by atoms with Crippen LogP contribution in [0.2, 0.25) is 0 Å². The molecule has 0 aromatic heterocycles. The number of likely N-dealkylation sites (tertiary alicyclic amines) is 1. The van der Waals surface area contributed by atoms with E-state index in [0.717, 1.165) is 31.6 Å². The third kappa shape index (κ3) is 2.43. The Morgan fingerprint density at radius 1 is 1.50 bits per heavy atom. The predicted molar refractivity (Wildman–Crippen MR) is 76.0 cm³/mol. The Balaban J connectivity index is 1.69. The van der Waals surface area contributed by atoms with Crippen LogP contribution in [0.25, 0.3) is 0 Å². The first-order valence-corrected chi connectivity index (χ1v) is 7.26. The minimum absolute atomic E-state index is 0.0911. The monoisotopic (exact) mass is 277 g/mol. The van der Waals surface area contributed by atoms with Crippen LogP contribution in [-0.4, -0.2) is 36.5 Å². The topological polar surface area (TPSA) is 44.4 Å². The summed E-state index contributed by atoms with van der Waals surface area (Å²) in [4.78, 5) is 14.4. The molecule has 1 saturated heterocycles. The normalized spacial score (nSPS) is 25.8. The van der Waals surface area contributed by atoms with E-state index in [4.69, 9.17) is 0 Å². The molecule has 4 nitrogen and oxygen atoms in total. The van der Waals surface area contributed by atoms with Crippen molar-refractivity contribution < 1.29 is 9.18 Å². The van der Waals surface area contributed by atoms with Gasteiger partial charge in [-0.05, 0) is 44.1 Å². The molecule has 0 bridgehead atoms. The lowest BCUT2D eigenvalue weighted by molar-refractivity contribution is -0.117. The number of hydrogen-bond donors (Lipinski definition) is 2. The van der Waals surface area contributed by atoms with Crippen LogP contribution < -0.4 is 10.6 Å². The van der Waals surface area contributed by atoms with Gasteiger partial charge in [-0.25, -0.2) is 4.39 Å². The Bertz CT molecular complexity index is 520. The van der Waals surface area contributed by atoms with Gasteiger partial charge in [-0.15, -0.1) is 0 Å². The Hall–Kier alpha value is -1.46. The summed E-state index contributed by atoms with van der Waals surface area (Å²) in [7, 11) is 0. The largest absolute Gasteiger partial charge is 0.324 e. The number of likely N-dealkylation sites (N-methyl/N-ethyl adjacent to an activating group) is 1. The first-order valence-electron chi connectivity index (χ1n) is 7.26. The molecule has 1 aromatic carbocycles. The van der Waals surface area contributed by atoms with Crippen LogP contribution in [0, 0.1) is 5.82 Å². The number of halogens is 1. The molecule has 2 atom stereocenters. The second kappa shape index (κ2) is 5.50. The Labute approximate surface area is 118 Å². The van der Waals surface area contributed by atoms with E-state index < -0.39 is 6.04 Å². The van der Waals surface area contributed by atoms with Gasteiger partial charge in [0.05, 0.1) is 0 Å². The highest BCUT2D eigenvalue weighted by molar-refractivity contribution is 6.02. The fourth-order valence-corrected chi connectivity index (χ4v) is 3.23. The van der Waals surface area contributed by atoms with Crippen LogP contribution in [0.15, 0.2) is 18.2 Å². The first-order chi connectivity index (χ1) is 9.69. The van der Waals surface area contributed by atoms with E-state index in [9.17, 15) is 9.18 Å². The van der Waals surface area contributed by atoms with E-state index in [-0.39, 0.29) is 11.7 Å². The van der Waals surface area contributed by atoms with E-state index in [1.165, 1.54) is 18.6 Å². The SMILES string of the molecule is CCN1CCCC1CNC1C(=O)Nc2ccc(F)cc21. The van der Waals surface area contributed by atoms with Crippen molar-refractivity contribution >= 4 is 11.6 Å². The van der Waals surface area contributed by atoms with Crippen molar-refractivity contribution in [3.05, 3.63) is 29.6 Å². The van der Waals surface area contributed by atoms with Gasteiger partial charge in [0, 0.05) is 23.8 Å². The number of nitrogens with one attached hydrogen (secondary N) is 2. The van der Waals surface area contributed by atoms with E-state index in [1.807, 2.05) is 0 Å². The molecule has 2 aliphatic rings.